The molecule has 1 amide bonds. The summed E-state index contributed by atoms with van der Waals surface area (Å²) in [5.74, 6) is 0.162. The third-order valence-corrected chi connectivity index (χ3v) is 5.71. The number of hydrogen-bond donors (Lipinski definition) is 1. The van der Waals surface area contributed by atoms with Gasteiger partial charge in [-0.1, -0.05) is 24.3 Å². The first kappa shape index (κ1) is 19.5. The molecule has 1 aromatic carbocycles. The molecular weight excluding hydrogens is 336 g/mol. The molecule has 2 N–H and O–H groups in total. The van der Waals surface area contributed by atoms with Gasteiger partial charge in [-0.3, -0.25) is 4.79 Å². The van der Waals surface area contributed by atoms with E-state index in [0.717, 1.165) is 5.56 Å². The van der Waals surface area contributed by atoms with Gasteiger partial charge in [-0.25, -0.2) is 8.42 Å². The van der Waals surface area contributed by atoms with Crippen LogP contribution in [0.4, 0.5) is 5.69 Å². The lowest BCUT2D eigenvalue weighted by Gasteiger charge is -2.27. The molecule has 128 valence electrons. The standard InChI is InChI=1S/C16H22N2O3S.ClH/c1-2-10-18(14-9-11-22(20,21)12-14)16(19)8-7-13-5-3-4-6-15(13)17;/h2-6,14H,1,7-12,17H2;1H. The number of halogens is 1. The van der Waals surface area contributed by atoms with Gasteiger partial charge < -0.3 is 10.6 Å². The van der Waals surface area contributed by atoms with E-state index in [0.29, 0.717) is 31.5 Å². The molecule has 1 heterocycles. The topological polar surface area (TPSA) is 80.5 Å². The first-order valence-corrected chi connectivity index (χ1v) is 9.19. The lowest BCUT2D eigenvalue weighted by atomic mass is 10.1. The quantitative estimate of drug-likeness (QED) is 0.621. The predicted octanol–water partition coefficient (Wildman–Crippen LogP) is 1.82. The van der Waals surface area contributed by atoms with E-state index < -0.39 is 9.84 Å². The highest BCUT2D eigenvalue weighted by Gasteiger charge is 2.33. The lowest BCUT2D eigenvalue weighted by Crippen LogP contribution is -2.41. The second-order valence-electron chi connectivity index (χ2n) is 5.59. The SMILES string of the molecule is C=CCN(C(=O)CCc1ccccc1N)C1CCS(=O)(=O)C1.Cl. The highest BCUT2D eigenvalue weighted by molar-refractivity contribution is 7.91. The van der Waals surface area contributed by atoms with Gasteiger partial charge in [-0.15, -0.1) is 19.0 Å². The molecule has 1 atom stereocenters. The summed E-state index contributed by atoms with van der Waals surface area (Å²) < 4.78 is 23.2. The van der Waals surface area contributed by atoms with Gasteiger partial charge in [0, 0.05) is 24.7 Å². The fourth-order valence-corrected chi connectivity index (χ4v) is 4.49. The molecule has 1 aliphatic heterocycles. The minimum absolute atomic E-state index is 0. The molecule has 5 nitrogen and oxygen atoms in total. The molecule has 2 rings (SSSR count). The summed E-state index contributed by atoms with van der Waals surface area (Å²) in [6.45, 7) is 4.04. The Morgan fingerprint density at radius 1 is 1.39 bits per heavy atom. The van der Waals surface area contributed by atoms with Gasteiger partial charge in [0.2, 0.25) is 5.91 Å². The number of rotatable bonds is 6. The first-order valence-electron chi connectivity index (χ1n) is 7.37. The van der Waals surface area contributed by atoms with Crippen molar-refractivity contribution in [1.82, 2.24) is 4.90 Å². The van der Waals surface area contributed by atoms with Crippen LogP contribution in [0.1, 0.15) is 18.4 Å². The van der Waals surface area contributed by atoms with Crippen molar-refractivity contribution in [2.45, 2.75) is 25.3 Å². The molecule has 1 unspecified atom stereocenters. The van der Waals surface area contributed by atoms with Crippen molar-refractivity contribution >= 4 is 33.8 Å². The van der Waals surface area contributed by atoms with Crippen molar-refractivity contribution in [2.24, 2.45) is 0 Å². The summed E-state index contributed by atoms with van der Waals surface area (Å²) in [5, 5.41) is 0. The van der Waals surface area contributed by atoms with Crippen LogP contribution in [0, 0.1) is 0 Å². The van der Waals surface area contributed by atoms with Crippen LogP contribution in [0.5, 0.6) is 0 Å². The lowest BCUT2D eigenvalue weighted by molar-refractivity contribution is -0.132. The van der Waals surface area contributed by atoms with Crippen LogP contribution in [0.3, 0.4) is 0 Å². The summed E-state index contributed by atoms with van der Waals surface area (Å²) in [7, 11) is -3.01. The van der Waals surface area contributed by atoms with E-state index in [9.17, 15) is 13.2 Å². The molecule has 0 aliphatic carbocycles. The number of nitrogen functional groups attached to an aromatic ring is 1. The maximum atomic E-state index is 12.5. The zero-order valence-electron chi connectivity index (χ0n) is 13.0. The molecule has 0 saturated carbocycles. The number of hydrogen-bond acceptors (Lipinski definition) is 4. The van der Waals surface area contributed by atoms with Crippen molar-refractivity contribution < 1.29 is 13.2 Å². The molecule has 0 aromatic heterocycles. The first-order chi connectivity index (χ1) is 10.4. The Balaban J connectivity index is 0.00000264. The second-order valence-corrected chi connectivity index (χ2v) is 7.82. The molecule has 1 fully saturated rings. The number of amides is 1. The largest absolute Gasteiger partial charge is 0.399 e. The highest BCUT2D eigenvalue weighted by atomic mass is 35.5. The molecule has 1 aliphatic rings. The average molecular weight is 359 g/mol. The van der Waals surface area contributed by atoms with Crippen LogP contribution in [0.25, 0.3) is 0 Å². The zero-order chi connectivity index (χ0) is 16.2. The molecule has 0 bridgehead atoms. The van der Waals surface area contributed by atoms with Crippen molar-refractivity contribution in [3.8, 4) is 0 Å². The van der Waals surface area contributed by atoms with Crippen LogP contribution >= 0.6 is 12.4 Å². The molecule has 1 saturated heterocycles. The molecule has 0 radical (unpaired) electrons. The number of anilines is 1. The van der Waals surface area contributed by atoms with Crippen molar-refractivity contribution in [2.75, 3.05) is 23.8 Å². The number of sulfone groups is 1. The normalized spacial score (nSPS) is 18.9. The van der Waals surface area contributed by atoms with Gasteiger partial charge in [-0.05, 0) is 24.5 Å². The maximum Gasteiger partial charge on any atom is 0.223 e. The summed E-state index contributed by atoms with van der Waals surface area (Å²) >= 11 is 0. The summed E-state index contributed by atoms with van der Waals surface area (Å²) in [6.07, 6.45) is 3.02. The van der Waals surface area contributed by atoms with Gasteiger partial charge in [0.05, 0.1) is 11.5 Å². The predicted molar refractivity (Wildman–Crippen MR) is 95.4 cm³/mol. The molecule has 0 spiro atoms. The summed E-state index contributed by atoms with van der Waals surface area (Å²) in [5.41, 5.74) is 7.49. The number of carbonyl (C=O) groups is 1. The Bertz CT molecular complexity index is 661. The van der Waals surface area contributed by atoms with Gasteiger partial charge >= 0.3 is 0 Å². The average Bonchev–Trinajstić information content (AvgIpc) is 2.83. The van der Waals surface area contributed by atoms with E-state index in [1.54, 1.807) is 11.0 Å². The Labute approximate surface area is 143 Å². The number of nitrogens with two attached hydrogens (primary N) is 1. The third-order valence-electron chi connectivity index (χ3n) is 3.96. The third kappa shape index (κ3) is 5.25. The highest BCUT2D eigenvalue weighted by Crippen LogP contribution is 2.20. The van der Waals surface area contributed by atoms with Crippen molar-refractivity contribution in [3.63, 3.8) is 0 Å². The van der Waals surface area contributed by atoms with E-state index in [-0.39, 0.29) is 35.9 Å². The maximum absolute atomic E-state index is 12.5. The Kier molecular flexibility index (Phi) is 7.09. The van der Waals surface area contributed by atoms with Gasteiger partial charge in [-0.2, -0.15) is 0 Å². The second kappa shape index (κ2) is 8.36. The molecule has 7 heteroatoms. The monoisotopic (exact) mass is 358 g/mol. The van der Waals surface area contributed by atoms with E-state index in [1.165, 1.54) is 0 Å². The number of aryl methyl sites for hydroxylation is 1. The van der Waals surface area contributed by atoms with E-state index in [1.807, 2.05) is 24.3 Å². The van der Waals surface area contributed by atoms with Crippen molar-refractivity contribution in [3.05, 3.63) is 42.5 Å². The summed E-state index contributed by atoms with van der Waals surface area (Å²) in [4.78, 5) is 14.1. The number of nitrogens with zero attached hydrogens (tertiary/aromatic N) is 1. The van der Waals surface area contributed by atoms with Gasteiger partial charge in [0.1, 0.15) is 0 Å². The smallest absolute Gasteiger partial charge is 0.223 e. The van der Waals surface area contributed by atoms with Crippen LogP contribution < -0.4 is 5.73 Å². The molecule has 1 aromatic rings. The van der Waals surface area contributed by atoms with Gasteiger partial charge in [0.25, 0.3) is 0 Å². The Morgan fingerprint density at radius 2 is 2.09 bits per heavy atom. The van der Waals surface area contributed by atoms with Crippen molar-refractivity contribution in [1.29, 1.82) is 0 Å². The van der Waals surface area contributed by atoms with Gasteiger partial charge in [0.15, 0.2) is 9.84 Å². The Hall–Kier alpha value is -1.53. The number of benzene rings is 1. The minimum atomic E-state index is -3.01. The summed E-state index contributed by atoms with van der Waals surface area (Å²) in [6, 6.07) is 7.23. The number of carbonyl (C=O) groups excluding carboxylic acids is 1. The van der Waals surface area contributed by atoms with Crippen LogP contribution in [-0.2, 0) is 21.1 Å². The van der Waals surface area contributed by atoms with E-state index in [2.05, 4.69) is 6.58 Å². The van der Waals surface area contributed by atoms with E-state index >= 15 is 0 Å². The van der Waals surface area contributed by atoms with Crippen LogP contribution in [-0.4, -0.2) is 43.3 Å². The fourth-order valence-electron chi connectivity index (χ4n) is 2.76. The molecule has 23 heavy (non-hydrogen) atoms. The van der Waals surface area contributed by atoms with Crippen LogP contribution in [0.15, 0.2) is 36.9 Å². The van der Waals surface area contributed by atoms with Crippen LogP contribution in [0.2, 0.25) is 0 Å². The minimum Gasteiger partial charge on any atom is -0.399 e. The zero-order valence-corrected chi connectivity index (χ0v) is 14.6. The van der Waals surface area contributed by atoms with E-state index in [4.69, 9.17) is 5.73 Å². The molecular formula is C16H23ClN2O3S. The Morgan fingerprint density at radius 3 is 2.65 bits per heavy atom. The number of para-hydroxylation sites is 1. The fraction of sp³-hybridized carbons (Fsp3) is 0.438.